The monoisotopic (exact) mass is 302 g/mol. The first-order valence-corrected chi connectivity index (χ1v) is 8.10. The van der Waals surface area contributed by atoms with Gasteiger partial charge in [-0.2, -0.15) is 0 Å². The summed E-state index contributed by atoms with van der Waals surface area (Å²) in [7, 11) is 0. The number of nitrogens with two attached hydrogens (primary N) is 1. The Morgan fingerprint density at radius 3 is 2.48 bits per heavy atom. The van der Waals surface area contributed by atoms with Crippen LogP contribution in [-0.2, 0) is 4.79 Å². The fourth-order valence-electron chi connectivity index (χ4n) is 2.28. The summed E-state index contributed by atoms with van der Waals surface area (Å²) in [5.41, 5.74) is 7.06. The molecule has 0 aliphatic carbocycles. The Kier molecular flexibility index (Phi) is 5.53. The van der Waals surface area contributed by atoms with Gasteiger partial charge in [0.1, 0.15) is 0 Å². The molecule has 0 bridgehead atoms. The van der Waals surface area contributed by atoms with Crippen LogP contribution in [-0.4, -0.2) is 11.9 Å². The van der Waals surface area contributed by atoms with E-state index in [-0.39, 0.29) is 11.9 Å². The van der Waals surface area contributed by atoms with Crippen LogP contribution in [0.15, 0.2) is 47.8 Å². The normalized spacial score (nSPS) is 13.9. The second kappa shape index (κ2) is 7.38. The molecule has 0 saturated heterocycles. The van der Waals surface area contributed by atoms with Crippen LogP contribution in [0.1, 0.15) is 36.8 Å². The second-order valence-corrected chi connectivity index (χ2v) is 6.58. The zero-order valence-electron chi connectivity index (χ0n) is 12.5. The highest BCUT2D eigenvalue weighted by Gasteiger charge is 2.21. The first kappa shape index (κ1) is 15.7. The summed E-state index contributed by atoms with van der Waals surface area (Å²) in [6.45, 7) is 4.14. The highest BCUT2D eigenvalue weighted by atomic mass is 32.1. The molecule has 3 N–H and O–H groups in total. The predicted octanol–water partition coefficient (Wildman–Crippen LogP) is 3.33. The van der Waals surface area contributed by atoms with Crippen molar-refractivity contribution in [2.75, 3.05) is 0 Å². The number of amides is 1. The van der Waals surface area contributed by atoms with Gasteiger partial charge in [-0.25, -0.2) is 0 Å². The van der Waals surface area contributed by atoms with Crippen LogP contribution in [0.25, 0.3) is 0 Å². The van der Waals surface area contributed by atoms with Gasteiger partial charge < -0.3 is 11.1 Å². The van der Waals surface area contributed by atoms with Crippen molar-refractivity contribution in [2.24, 2.45) is 11.7 Å². The minimum Gasteiger partial charge on any atom is -0.343 e. The number of nitrogens with one attached hydrogen (secondary N) is 1. The van der Waals surface area contributed by atoms with Gasteiger partial charge in [-0.3, -0.25) is 4.79 Å². The van der Waals surface area contributed by atoms with Gasteiger partial charge in [0.15, 0.2) is 0 Å². The van der Waals surface area contributed by atoms with E-state index in [4.69, 9.17) is 5.73 Å². The summed E-state index contributed by atoms with van der Waals surface area (Å²) >= 11 is 1.64. The van der Waals surface area contributed by atoms with Gasteiger partial charge in [0.25, 0.3) is 0 Å². The van der Waals surface area contributed by atoms with E-state index < -0.39 is 6.04 Å². The molecule has 0 fully saturated rings. The number of hydrogen-bond donors (Lipinski definition) is 2. The summed E-state index contributed by atoms with van der Waals surface area (Å²) in [6, 6.07) is 13.4. The maximum Gasteiger partial charge on any atom is 0.237 e. The maximum absolute atomic E-state index is 12.3. The smallest absolute Gasteiger partial charge is 0.237 e. The van der Waals surface area contributed by atoms with E-state index in [1.54, 1.807) is 11.3 Å². The summed E-state index contributed by atoms with van der Waals surface area (Å²) in [6.07, 6.45) is 0.692. The molecule has 1 aromatic carbocycles. The third-order valence-corrected chi connectivity index (χ3v) is 4.25. The van der Waals surface area contributed by atoms with Crippen LogP contribution < -0.4 is 11.1 Å². The third-order valence-electron chi connectivity index (χ3n) is 3.31. The zero-order valence-corrected chi connectivity index (χ0v) is 13.3. The number of rotatable bonds is 6. The van der Waals surface area contributed by atoms with Crippen molar-refractivity contribution in [3.8, 4) is 0 Å². The van der Waals surface area contributed by atoms with Gasteiger partial charge in [-0.05, 0) is 29.3 Å². The number of benzene rings is 1. The number of carbonyl (C=O) groups is 1. The average molecular weight is 302 g/mol. The summed E-state index contributed by atoms with van der Waals surface area (Å²) in [4.78, 5) is 13.4. The Labute approximate surface area is 130 Å². The Morgan fingerprint density at radius 1 is 1.19 bits per heavy atom. The molecule has 0 radical (unpaired) electrons. The maximum atomic E-state index is 12.3. The molecule has 0 saturated carbocycles. The molecule has 112 valence electrons. The molecule has 2 rings (SSSR count). The summed E-state index contributed by atoms with van der Waals surface area (Å²) < 4.78 is 0. The molecule has 2 atom stereocenters. The first-order valence-electron chi connectivity index (χ1n) is 7.22. The second-order valence-electron chi connectivity index (χ2n) is 5.60. The van der Waals surface area contributed by atoms with Crippen LogP contribution in [0.4, 0.5) is 0 Å². The minimum atomic E-state index is -0.462. The van der Waals surface area contributed by atoms with Gasteiger partial charge >= 0.3 is 0 Å². The van der Waals surface area contributed by atoms with Crippen LogP contribution in [0.3, 0.4) is 0 Å². The van der Waals surface area contributed by atoms with E-state index in [0.717, 1.165) is 10.4 Å². The predicted molar refractivity (Wildman–Crippen MR) is 88.2 cm³/mol. The lowest BCUT2D eigenvalue weighted by atomic mass is 10.0. The third kappa shape index (κ3) is 4.41. The molecule has 2 aromatic rings. The molecule has 3 nitrogen and oxygen atoms in total. The molecular weight excluding hydrogens is 280 g/mol. The highest BCUT2D eigenvalue weighted by Crippen LogP contribution is 2.26. The van der Waals surface area contributed by atoms with Crippen molar-refractivity contribution in [1.82, 2.24) is 5.32 Å². The summed E-state index contributed by atoms with van der Waals surface area (Å²) in [5, 5.41) is 5.11. The topological polar surface area (TPSA) is 55.1 Å². The highest BCUT2D eigenvalue weighted by molar-refractivity contribution is 7.10. The van der Waals surface area contributed by atoms with Crippen molar-refractivity contribution in [1.29, 1.82) is 0 Å². The lowest BCUT2D eigenvalue weighted by molar-refractivity contribution is -0.123. The largest absolute Gasteiger partial charge is 0.343 e. The fraction of sp³-hybridized carbons (Fsp3) is 0.353. The average Bonchev–Trinajstić information content (AvgIpc) is 2.98. The number of thiophene rings is 1. The quantitative estimate of drug-likeness (QED) is 0.860. The molecule has 0 aliphatic heterocycles. The van der Waals surface area contributed by atoms with E-state index in [1.165, 1.54) is 0 Å². The van der Waals surface area contributed by atoms with E-state index >= 15 is 0 Å². The van der Waals surface area contributed by atoms with Crippen LogP contribution in [0.2, 0.25) is 0 Å². The molecule has 1 aromatic heterocycles. The van der Waals surface area contributed by atoms with Crippen molar-refractivity contribution >= 4 is 17.2 Å². The van der Waals surface area contributed by atoms with Crippen LogP contribution in [0, 0.1) is 5.92 Å². The van der Waals surface area contributed by atoms with E-state index in [0.29, 0.717) is 12.3 Å². The fourth-order valence-corrected chi connectivity index (χ4v) is 3.09. The van der Waals surface area contributed by atoms with E-state index in [9.17, 15) is 4.79 Å². The molecule has 1 amide bonds. The van der Waals surface area contributed by atoms with Gasteiger partial charge in [0, 0.05) is 4.88 Å². The van der Waals surface area contributed by atoms with Crippen molar-refractivity contribution < 1.29 is 4.79 Å². The number of carbonyl (C=O) groups excluding carboxylic acids is 1. The molecule has 0 aliphatic rings. The van der Waals surface area contributed by atoms with Crippen LogP contribution in [0.5, 0.6) is 0 Å². The standard InChI is InChI=1S/C17H22N2OS/c1-12(2)11-14(18)17(20)19-16(15-9-6-10-21-15)13-7-4-3-5-8-13/h3-10,12,14,16H,11,18H2,1-2H3,(H,19,20). The summed E-state index contributed by atoms with van der Waals surface area (Å²) in [5.74, 6) is 0.314. The Morgan fingerprint density at radius 2 is 1.90 bits per heavy atom. The molecule has 21 heavy (non-hydrogen) atoms. The SMILES string of the molecule is CC(C)CC(N)C(=O)NC(c1ccccc1)c1cccs1. The molecule has 0 spiro atoms. The molecule has 1 heterocycles. The van der Waals surface area contributed by atoms with Gasteiger partial charge in [-0.15, -0.1) is 11.3 Å². The lowest BCUT2D eigenvalue weighted by Gasteiger charge is -2.21. The van der Waals surface area contributed by atoms with Crippen molar-refractivity contribution in [3.05, 3.63) is 58.3 Å². The van der Waals surface area contributed by atoms with Crippen LogP contribution >= 0.6 is 11.3 Å². The Balaban J connectivity index is 2.16. The molecule has 4 heteroatoms. The van der Waals surface area contributed by atoms with E-state index in [1.807, 2.05) is 47.8 Å². The molecule has 2 unspecified atom stereocenters. The Hall–Kier alpha value is -1.65. The molecular formula is C17H22N2OS. The van der Waals surface area contributed by atoms with Gasteiger partial charge in [-0.1, -0.05) is 50.2 Å². The van der Waals surface area contributed by atoms with Crippen molar-refractivity contribution in [3.63, 3.8) is 0 Å². The Bertz CT molecular complexity index is 551. The van der Waals surface area contributed by atoms with E-state index in [2.05, 4.69) is 19.2 Å². The lowest BCUT2D eigenvalue weighted by Crippen LogP contribution is -2.43. The first-order chi connectivity index (χ1) is 10.1. The minimum absolute atomic E-state index is 0.0917. The van der Waals surface area contributed by atoms with Gasteiger partial charge in [0.05, 0.1) is 12.1 Å². The zero-order chi connectivity index (χ0) is 15.2. The number of hydrogen-bond acceptors (Lipinski definition) is 3. The van der Waals surface area contributed by atoms with Crippen molar-refractivity contribution in [2.45, 2.75) is 32.4 Å². The van der Waals surface area contributed by atoms with Gasteiger partial charge in [0.2, 0.25) is 5.91 Å².